The van der Waals surface area contributed by atoms with Crippen molar-refractivity contribution >= 4 is 92.7 Å². The highest BCUT2D eigenvalue weighted by Crippen LogP contribution is 2.51. The Hall–Kier alpha value is -11.5. The van der Waals surface area contributed by atoms with Gasteiger partial charge in [0.15, 0.2) is 0 Å². The van der Waals surface area contributed by atoms with Gasteiger partial charge < -0.3 is 57.8 Å². The number of nitrogens with one attached hydrogen (secondary N) is 4. The second-order valence-corrected chi connectivity index (χ2v) is 39.3. The van der Waals surface area contributed by atoms with E-state index in [1.807, 2.05) is 0 Å². The number of ether oxygens (including phenoxy) is 8. The minimum Gasteiger partial charge on any atom is -0.496 e. The van der Waals surface area contributed by atoms with Crippen molar-refractivity contribution in [1.29, 1.82) is 0 Å². The summed E-state index contributed by atoms with van der Waals surface area (Å²) < 4.78 is 53.2. The van der Waals surface area contributed by atoms with Crippen LogP contribution in [0.3, 0.4) is 0 Å². The van der Waals surface area contributed by atoms with Gasteiger partial charge in [-0.15, -0.1) is 0 Å². The first kappa shape index (κ1) is 104. The van der Waals surface area contributed by atoms with Crippen molar-refractivity contribution in [2.75, 3.05) is 56.9 Å². The summed E-state index contributed by atoms with van der Waals surface area (Å²) in [7, 11) is 14.1. The number of methoxy groups -OCH3 is 8. The molecule has 0 aliphatic carbocycles. The summed E-state index contributed by atoms with van der Waals surface area (Å²) in [6.45, 7) is 9.16. The average Bonchev–Trinajstić information content (AvgIpc) is 1.59. The lowest BCUT2D eigenvalue weighted by Crippen LogP contribution is -1.99. The number of aromatic nitrogens is 8. The molecule has 0 unspecified atom stereocenters. The number of aromatic amines is 4. The number of aryl methyl sites for hydroxylation is 4. The highest BCUT2D eigenvalue weighted by Gasteiger charge is 2.30. The maximum atomic E-state index is 6.65. The summed E-state index contributed by atoms with van der Waals surface area (Å²) >= 11 is 0. The van der Waals surface area contributed by atoms with Gasteiger partial charge in [-0.25, -0.2) is 19.9 Å². The van der Waals surface area contributed by atoms with Gasteiger partial charge >= 0.3 is 0 Å². The van der Waals surface area contributed by atoms with E-state index in [1.54, 1.807) is 56.9 Å². The number of rotatable bonds is 61. The van der Waals surface area contributed by atoms with Gasteiger partial charge in [0.25, 0.3) is 0 Å². The molecule has 4 aliphatic heterocycles. The Balaban J connectivity index is 1.00. The molecule has 16 nitrogen and oxygen atoms in total. The number of hydrogen-bond acceptors (Lipinski definition) is 12. The van der Waals surface area contributed by atoms with E-state index < -0.39 is 0 Å². The third-order valence-electron chi connectivity index (χ3n) is 28.9. The molecule has 0 amide bonds. The SMILES string of the molecule is CCCCCCCCCCCCCc1cc(OC)c(-c2c3nc(c(-c4c5nc(c(-c6c(OC)cc(CCCCCCCCCCCCC)cc6OC)c6ccc(cc7nc(c(-c8c(OC)cc(CCCCCCCCCCCCC)cc8OC)c8ccc4[nH]8)C=C7)[nH]6)C=C5)c4ccc([nH]4)c(-c4c(OC)cc(CCCCCCCCCCCCC)cc4OC)c4nc(cc5ccc2[nH]5)C=C4)C=C3)c(OC)c1. The van der Waals surface area contributed by atoms with Gasteiger partial charge in [-0.05, 0) is 231 Å². The van der Waals surface area contributed by atoms with Crippen LogP contribution in [0.25, 0.3) is 148 Å². The summed E-state index contributed by atoms with van der Waals surface area (Å²) in [5.41, 5.74) is 24.3. The van der Waals surface area contributed by atoms with Crippen LogP contribution in [-0.2, 0) is 25.7 Å². The van der Waals surface area contributed by atoms with Crippen molar-refractivity contribution in [1.82, 2.24) is 39.9 Å². The first-order valence-electron chi connectivity index (χ1n) is 54.2. The average molecular weight is 1890 g/mol. The number of benzene rings is 4. The molecule has 0 spiro atoms. The first-order chi connectivity index (χ1) is 68.9. The Kier molecular flexibility index (Phi) is 41.0. The second-order valence-electron chi connectivity index (χ2n) is 39.3. The molecule has 16 heteroatoms. The summed E-state index contributed by atoms with van der Waals surface area (Å²) in [5, 5.41) is 0. The van der Waals surface area contributed by atoms with Crippen molar-refractivity contribution in [2.24, 2.45) is 0 Å². The minimum atomic E-state index is 0.651. The van der Waals surface area contributed by atoms with Gasteiger partial charge in [0.2, 0.25) is 0 Å². The van der Waals surface area contributed by atoms with Crippen molar-refractivity contribution < 1.29 is 37.9 Å². The minimum absolute atomic E-state index is 0.651. The summed E-state index contributed by atoms with van der Waals surface area (Å²) in [5.74, 6) is 5.48. The molecular weight excluding hydrogens is 1730 g/mol. The van der Waals surface area contributed by atoms with Crippen LogP contribution in [0.5, 0.6) is 46.0 Å². The predicted octanol–water partition coefficient (Wildman–Crippen LogP) is 35.4. The number of hydrogen-bond donors (Lipinski definition) is 4. The van der Waals surface area contributed by atoms with Gasteiger partial charge in [0.05, 0.1) is 125 Å². The highest BCUT2D eigenvalue weighted by molar-refractivity contribution is 6.07. The third-order valence-corrected chi connectivity index (χ3v) is 28.9. The molecule has 4 aromatic carbocycles. The van der Waals surface area contributed by atoms with E-state index in [0.717, 1.165) is 222 Å². The molecule has 0 saturated carbocycles. The lowest BCUT2D eigenvalue weighted by Gasteiger charge is -2.17. The van der Waals surface area contributed by atoms with Gasteiger partial charge in [-0.3, -0.25) is 0 Å². The van der Waals surface area contributed by atoms with E-state index in [-0.39, 0.29) is 0 Å². The standard InChI is InChI=1S/C124H162N8O8/c1-13-17-21-25-29-33-37-41-45-49-53-57-87-77-107(133-5)121(108(78-87)134-6)117-95-65-61-91(125-95)85-92-62-66-96(126-92)118(122-109(135-7)79-88(80-110(122)136-8)58-54-50-46-42-38-34-30-26-22-18-14-2)104-74-70-100(130-104)115(99-69-73-103(117)129-99)116-101-71-75-105(131-101)119(123-111(137-9)81-89(82-112(123)138-10)59-55-51-47-43-39-35-31-27-23-19-15-3)97-67-63-93(127-97)86-94-64-68-98(128-94)120(106-76-72-102(116)132-106)124-113(139-11)83-90(84-114(124)140-12)60-56-52-48-44-40-36-32-28-24-20-16-4/h61-86,125,127,130,132H,13-60H2,1-12H3. The fourth-order valence-corrected chi connectivity index (χ4v) is 21.3. The molecule has 6 aromatic heterocycles. The molecule has 0 fully saturated rings. The van der Waals surface area contributed by atoms with E-state index in [1.165, 1.54) is 231 Å². The molecule has 14 rings (SSSR count). The Labute approximate surface area is 836 Å². The quantitative estimate of drug-likeness (QED) is 0.0265. The first-order valence-corrected chi connectivity index (χ1v) is 54.2. The van der Waals surface area contributed by atoms with Crippen LogP contribution in [0.15, 0.2) is 109 Å². The molecule has 4 N–H and O–H groups in total. The van der Waals surface area contributed by atoms with Crippen LogP contribution in [0.4, 0.5) is 0 Å². The zero-order valence-corrected chi connectivity index (χ0v) is 87.0. The van der Waals surface area contributed by atoms with E-state index in [0.29, 0.717) is 68.8 Å². The van der Waals surface area contributed by atoms with Crippen LogP contribution in [-0.4, -0.2) is 96.8 Å². The molecule has 10 heterocycles. The van der Waals surface area contributed by atoms with E-state index in [4.69, 9.17) is 57.8 Å². The summed E-state index contributed by atoms with van der Waals surface area (Å²) in [4.78, 5) is 39.4. The number of fused-ring (bicyclic) bond motifs is 16. The fourth-order valence-electron chi connectivity index (χ4n) is 21.3. The van der Waals surface area contributed by atoms with Crippen molar-refractivity contribution in [3.63, 3.8) is 0 Å². The molecule has 140 heavy (non-hydrogen) atoms. The van der Waals surface area contributed by atoms with Gasteiger partial charge in [0.1, 0.15) is 46.0 Å². The second kappa shape index (κ2) is 55.0. The monoisotopic (exact) mass is 1890 g/mol. The van der Waals surface area contributed by atoms with E-state index >= 15 is 0 Å². The summed E-state index contributed by atoms with van der Waals surface area (Å²) in [6.07, 6.45) is 76.5. The molecule has 10 aromatic rings. The molecule has 0 radical (unpaired) electrons. The maximum Gasteiger partial charge on any atom is 0.130 e. The van der Waals surface area contributed by atoms with Crippen LogP contribution in [0.1, 0.15) is 378 Å². The largest absolute Gasteiger partial charge is 0.496 e. The van der Waals surface area contributed by atoms with E-state index in [9.17, 15) is 0 Å². The molecule has 16 bridgehead atoms. The van der Waals surface area contributed by atoms with Crippen LogP contribution >= 0.6 is 0 Å². The van der Waals surface area contributed by atoms with Crippen molar-refractivity contribution in [3.05, 3.63) is 177 Å². The zero-order chi connectivity index (χ0) is 97.6. The lowest BCUT2D eigenvalue weighted by molar-refractivity contribution is 0.396. The van der Waals surface area contributed by atoms with Gasteiger partial charge in [0, 0.05) is 77.5 Å². The molecular formula is C124H162N8O8. The molecule has 4 aliphatic rings. The number of H-pyrrole nitrogens is 4. The van der Waals surface area contributed by atoms with Gasteiger partial charge in [-0.2, -0.15) is 0 Å². The third kappa shape index (κ3) is 27.6. The topological polar surface area (TPSA) is 189 Å². The number of unbranched alkanes of at least 4 members (excludes halogenated alkanes) is 40. The Morgan fingerprint density at radius 1 is 0.179 bits per heavy atom. The maximum absolute atomic E-state index is 6.65. The smallest absolute Gasteiger partial charge is 0.130 e. The van der Waals surface area contributed by atoms with Crippen LogP contribution in [0.2, 0.25) is 0 Å². The van der Waals surface area contributed by atoms with Gasteiger partial charge in [-0.1, -0.05) is 285 Å². The lowest BCUT2D eigenvalue weighted by atomic mass is 9.97. The normalized spacial score (nSPS) is 12.1. The molecule has 746 valence electrons. The van der Waals surface area contributed by atoms with Crippen LogP contribution in [0, 0.1) is 0 Å². The van der Waals surface area contributed by atoms with E-state index in [2.05, 4.69) is 205 Å². The fraction of sp³-hybridized carbons (Fsp3) is 0.484. The Bertz CT molecular complexity index is 5550. The highest BCUT2D eigenvalue weighted by atomic mass is 16.5. The van der Waals surface area contributed by atoms with Crippen molar-refractivity contribution in [3.8, 4) is 102 Å². The van der Waals surface area contributed by atoms with Crippen molar-refractivity contribution in [2.45, 2.75) is 336 Å². The molecule has 0 saturated heterocycles. The zero-order valence-electron chi connectivity index (χ0n) is 87.0. The number of nitrogens with zero attached hydrogens (tertiary/aromatic N) is 4. The van der Waals surface area contributed by atoms with Crippen LogP contribution < -0.4 is 37.9 Å². The Morgan fingerprint density at radius 2 is 0.350 bits per heavy atom. The molecule has 0 atom stereocenters. The Morgan fingerprint density at radius 3 is 0.557 bits per heavy atom. The summed E-state index contributed by atoms with van der Waals surface area (Å²) in [6, 6.07) is 39.1. The predicted molar refractivity (Wildman–Crippen MR) is 592 cm³/mol.